The highest BCUT2D eigenvalue weighted by molar-refractivity contribution is 7.89. The van der Waals surface area contributed by atoms with Crippen molar-refractivity contribution in [1.29, 1.82) is 0 Å². The minimum atomic E-state index is -3.98. The summed E-state index contributed by atoms with van der Waals surface area (Å²) in [7, 11) is -3.98. The summed E-state index contributed by atoms with van der Waals surface area (Å²) in [6, 6.07) is 36.0. The smallest absolute Gasteiger partial charge is 0.276 e. The standard InChI is InChI=1S/C42H42N4O3S/c1-30-18-20-35(21-19-30)50(47,48)44-43-42-40-36(31-14-6-2-7-15-31)26-33(45-22-10-4-11-23-45)28-38(40)49-39-29-34(46-24-12-5-13-25-46)27-37(41(39)42)32-16-8-3-9-17-32/h2-3,6-9,14-21,26-29,44H,4-5,10-13,22-25H2,1H3. The lowest BCUT2D eigenvalue weighted by atomic mass is 9.94. The van der Waals surface area contributed by atoms with E-state index in [0.717, 1.165) is 102 Å². The summed E-state index contributed by atoms with van der Waals surface area (Å²) in [6.07, 6.45) is 7.05. The van der Waals surface area contributed by atoms with Crippen LogP contribution in [0.25, 0.3) is 44.2 Å². The molecule has 0 saturated carbocycles. The zero-order chi connectivity index (χ0) is 34.1. The van der Waals surface area contributed by atoms with Crippen LogP contribution >= 0.6 is 0 Å². The van der Waals surface area contributed by atoms with E-state index in [0.29, 0.717) is 16.5 Å². The Kier molecular flexibility index (Phi) is 8.79. The molecule has 1 aromatic heterocycles. The highest BCUT2D eigenvalue weighted by Crippen LogP contribution is 2.39. The average molecular weight is 683 g/mol. The number of piperidine rings is 2. The molecule has 254 valence electrons. The van der Waals surface area contributed by atoms with Crippen molar-refractivity contribution in [1.82, 2.24) is 4.83 Å². The van der Waals surface area contributed by atoms with Crippen molar-refractivity contribution in [3.05, 3.63) is 120 Å². The number of nitrogens with one attached hydrogen (secondary N) is 1. The van der Waals surface area contributed by atoms with Crippen LogP contribution in [-0.4, -0.2) is 34.6 Å². The summed E-state index contributed by atoms with van der Waals surface area (Å²) in [4.78, 5) is 7.68. The molecular weight excluding hydrogens is 641 g/mol. The molecule has 3 heterocycles. The Morgan fingerprint density at radius 1 is 0.600 bits per heavy atom. The van der Waals surface area contributed by atoms with E-state index in [-0.39, 0.29) is 4.90 Å². The zero-order valence-electron chi connectivity index (χ0n) is 28.4. The third-order valence-corrected chi connectivity index (χ3v) is 11.3. The second kappa shape index (κ2) is 13.7. The molecule has 0 atom stereocenters. The number of anilines is 2. The predicted molar refractivity (Wildman–Crippen MR) is 204 cm³/mol. The maximum atomic E-state index is 13.8. The zero-order valence-corrected chi connectivity index (χ0v) is 29.3. The van der Waals surface area contributed by atoms with E-state index in [2.05, 4.69) is 63.2 Å². The van der Waals surface area contributed by atoms with Gasteiger partial charge >= 0.3 is 0 Å². The van der Waals surface area contributed by atoms with Gasteiger partial charge in [-0.25, -0.2) is 0 Å². The highest BCUT2D eigenvalue weighted by atomic mass is 32.2. The maximum absolute atomic E-state index is 13.8. The summed E-state index contributed by atoms with van der Waals surface area (Å²) in [5.41, 5.74) is 8.43. The number of hydrogen-bond acceptors (Lipinski definition) is 6. The lowest BCUT2D eigenvalue weighted by Gasteiger charge is -2.30. The van der Waals surface area contributed by atoms with Gasteiger partial charge in [0.15, 0.2) is 0 Å². The Morgan fingerprint density at radius 2 is 1.06 bits per heavy atom. The SMILES string of the molecule is Cc1ccc(S(=O)(=O)NN=c2c3c(-c4ccccc4)cc(N4CCCCC4)cc3oc3cc(N4CCCCC4)cc(-c4ccccc4)c23)cc1. The van der Waals surface area contributed by atoms with Gasteiger partial charge in [-0.05, 0) is 92.0 Å². The molecule has 2 saturated heterocycles. The number of nitrogens with zero attached hydrogens (tertiary/aromatic N) is 3. The lowest BCUT2D eigenvalue weighted by Crippen LogP contribution is -2.29. The summed E-state index contributed by atoms with van der Waals surface area (Å²) in [6.45, 7) is 5.87. The monoisotopic (exact) mass is 682 g/mol. The van der Waals surface area contributed by atoms with Crippen LogP contribution in [0.2, 0.25) is 0 Å². The van der Waals surface area contributed by atoms with E-state index >= 15 is 0 Å². The summed E-state index contributed by atoms with van der Waals surface area (Å²) in [5, 5.41) is 6.92. The van der Waals surface area contributed by atoms with Gasteiger partial charge in [-0.15, -0.1) is 0 Å². The van der Waals surface area contributed by atoms with Gasteiger partial charge in [0, 0.05) is 49.7 Å². The molecule has 7 nitrogen and oxygen atoms in total. The fourth-order valence-corrected chi connectivity index (χ4v) is 8.25. The van der Waals surface area contributed by atoms with Crippen molar-refractivity contribution >= 4 is 43.3 Å². The average Bonchev–Trinajstić information content (AvgIpc) is 3.17. The van der Waals surface area contributed by atoms with E-state index in [1.165, 1.54) is 12.8 Å². The minimum Gasteiger partial charge on any atom is -0.456 e. The molecule has 8 heteroatoms. The molecule has 50 heavy (non-hydrogen) atoms. The van der Waals surface area contributed by atoms with Crippen LogP contribution in [-0.2, 0) is 10.0 Å². The Bertz CT molecular complexity index is 2200. The molecule has 2 aliphatic rings. The van der Waals surface area contributed by atoms with Gasteiger partial charge in [0.2, 0.25) is 0 Å². The lowest BCUT2D eigenvalue weighted by molar-refractivity contribution is 0.576. The molecule has 6 aromatic rings. The molecule has 0 bridgehead atoms. The van der Waals surface area contributed by atoms with Gasteiger partial charge in [-0.3, -0.25) is 0 Å². The van der Waals surface area contributed by atoms with Crippen LogP contribution in [0.5, 0.6) is 0 Å². The van der Waals surface area contributed by atoms with Gasteiger partial charge in [0.05, 0.1) is 15.7 Å². The van der Waals surface area contributed by atoms with Gasteiger partial charge in [-0.1, -0.05) is 78.4 Å². The van der Waals surface area contributed by atoms with E-state index in [4.69, 9.17) is 9.52 Å². The van der Waals surface area contributed by atoms with Crippen molar-refractivity contribution in [2.24, 2.45) is 5.10 Å². The molecule has 0 spiro atoms. The quantitative estimate of drug-likeness (QED) is 0.134. The molecule has 0 unspecified atom stereocenters. The Hall–Kier alpha value is -5.08. The normalized spacial score (nSPS) is 15.4. The summed E-state index contributed by atoms with van der Waals surface area (Å²) in [5.74, 6) is 0. The van der Waals surface area contributed by atoms with Crippen molar-refractivity contribution < 1.29 is 12.8 Å². The third kappa shape index (κ3) is 6.36. The second-order valence-electron chi connectivity index (χ2n) is 13.5. The van der Waals surface area contributed by atoms with Gasteiger partial charge in [-0.2, -0.15) is 18.4 Å². The second-order valence-corrected chi connectivity index (χ2v) is 15.2. The molecule has 0 aliphatic carbocycles. The first-order chi connectivity index (χ1) is 24.4. The Balaban J connectivity index is 1.47. The van der Waals surface area contributed by atoms with E-state index in [1.54, 1.807) is 24.3 Å². The topological polar surface area (TPSA) is 78.1 Å². The fourth-order valence-electron chi connectivity index (χ4n) is 7.44. The Morgan fingerprint density at radius 3 is 1.52 bits per heavy atom. The number of fused-ring (bicyclic) bond motifs is 2. The largest absolute Gasteiger partial charge is 0.456 e. The van der Waals surface area contributed by atoms with Gasteiger partial charge < -0.3 is 14.2 Å². The first-order valence-electron chi connectivity index (χ1n) is 17.8. The molecule has 8 rings (SSSR count). The van der Waals surface area contributed by atoms with Crippen LogP contribution in [0.4, 0.5) is 11.4 Å². The maximum Gasteiger partial charge on any atom is 0.276 e. The fraction of sp³-hybridized carbons (Fsp3) is 0.262. The number of sulfonamides is 1. The molecule has 2 fully saturated rings. The third-order valence-electron chi connectivity index (χ3n) is 10.1. The first-order valence-corrected chi connectivity index (χ1v) is 19.2. The number of hydrogen-bond donors (Lipinski definition) is 1. The molecule has 0 radical (unpaired) electrons. The number of rotatable bonds is 7. The molecule has 1 N–H and O–H groups in total. The highest BCUT2D eigenvalue weighted by Gasteiger charge is 2.23. The van der Waals surface area contributed by atoms with Crippen LogP contribution in [0.3, 0.4) is 0 Å². The van der Waals surface area contributed by atoms with Crippen LogP contribution in [0, 0.1) is 6.92 Å². The van der Waals surface area contributed by atoms with Crippen LogP contribution < -0.4 is 20.0 Å². The van der Waals surface area contributed by atoms with Crippen molar-refractivity contribution in [3.8, 4) is 22.3 Å². The van der Waals surface area contributed by atoms with Crippen molar-refractivity contribution in [3.63, 3.8) is 0 Å². The number of aryl methyl sites for hydroxylation is 1. The molecule has 5 aromatic carbocycles. The summed E-state index contributed by atoms with van der Waals surface area (Å²) >= 11 is 0. The van der Waals surface area contributed by atoms with E-state index in [1.807, 2.05) is 43.3 Å². The van der Waals surface area contributed by atoms with E-state index < -0.39 is 10.0 Å². The minimum absolute atomic E-state index is 0.160. The summed E-state index contributed by atoms with van der Waals surface area (Å²) < 4.78 is 34.6. The van der Waals surface area contributed by atoms with Crippen LogP contribution in [0.1, 0.15) is 44.1 Å². The molecular formula is C42H42N4O3S. The number of benzene rings is 5. The Labute approximate surface area is 293 Å². The van der Waals surface area contributed by atoms with Gasteiger partial charge in [0.1, 0.15) is 16.5 Å². The van der Waals surface area contributed by atoms with Crippen molar-refractivity contribution in [2.75, 3.05) is 36.0 Å². The van der Waals surface area contributed by atoms with Gasteiger partial charge in [0.25, 0.3) is 10.0 Å². The molecule has 0 amide bonds. The first kappa shape index (κ1) is 32.1. The van der Waals surface area contributed by atoms with E-state index in [9.17, 15) is 8.42 Å². The van der Waals surface area contributed by atoms with Crippen LogP contribution in [0.15, 0.2) is 124 Å². The predicted octanol–water partition coefficient (Wildman–Crippen LogP) is 9.00. The molecule has 2 aliphatic heterocycles. The van der Waals surface area contributed by atoms with Crippen molar-refractivity contribution in [2.45, 2.75) is 50.3 Å².